The van der Waals surface area contributed by atoms with Crippen LogP contribution in [0, 0.1) is 5.92 Å². The van der Waals surface area contributed by atoms with E-state index in [-0.39, 0.29) is 11.8 Å². The smallest absolute Gasteiger partial charge is 0.244 e. The third-order valence-electron chi connectivity index (χ3n) is 2.71. The van der Waals surface area contributed by atoms with Crippen molar-refractivity contribution in [2.24, 2.45) is 5.92 Å². The van der Waals surface area contributed by atoms with Crippen molar-refractivity contribution in [2.45, 2.75) is 25.8 Å². The Hall–Kier alpha value is -1.31. The van der Waals surface area contributed by atoms with Gasteiger partial charge in [-0.1, -0.05) is 36.8 Å². The zero-order chi connectivity index (χ0) is 9.80. The second-order valence-corrected chi connectivity index (χ2v) is 3.77. The minimum absolute atomic E-state index is 0.0973. The van der Waals surface area contributed by atoms with Crippen molar-refractivity contribution in [3.05, 3.63) is 35.9 Å². The molecule has 2 nitrogen and oxygen atoms in total. The lowest BCUT2D eigenvalue weighted by Crippen LogP contribution is -2.29. The second-order valence-electron chi connectivity index (χ2n) is 3.77. The van der Waals surface area contributed by atoms with Crippen molar-refractivity contribution in [3.63, 3.8) is 0 Å². The molecular weight excluding hydrogens is 174 g/mol. The lowest BCUT2D eigenvalue weighted by molar-refractivity contribution is -0.127. The summed E-state index contributed by atoms with van der Waals surface area (Å²) in [6.45, 7) is 0.538. The molecule has 1 aliphatic rings. The number of benzene rings is 1. The molecular formula is C12H14NO. The molecule has 0 unspecified atom stereocenters. The number of nitrogens with zero attached hydrogens (tertiary/aromatic N) is 1. The molecule has 1 amide bonds. The van der Waals surface area contributed by atoms with Gasteiger partial charge in [0.1, 0.15) is 0 Å². The Balaban J connectivity index is 1.79. The van der Waals surface area contributed by atoms with Crippen molar-refractivity contribution in [2.75, 3.05) is 0 Å². The molecule has 1 radical (unpaired) electrons. The van der Waals surface area contributed by atoms with Crippen LogP contribution in [0.5, 0.6) is 0 Å². The van der Waals surface area contributed by atoms with Gasteiger partial charge in [0.05, 0.1) is 6.54 Å². The minimum atomic E-state index is 0.0973. The van der Waals surface area contributed by atoms with Crippen LogP contribution in [0.2, 0.25) is 0 Å². The van der Waals surface area contributed by atoms with Gasteiger partial charge in [-0.2, -0.15) is 0 Å². The van der Waals surface area contributed by atoms with E-state index < -0.39 is 0 Å². The molecule has 0 heterocycles. The van der Waals surface area contributed by atoms with E-state index in [2.05, 4.69) is 5.32 Å². The highest BCUT2D eigenvalue weighted by Crippen LogP contribution is 2.26. The molecule has 1 saturated carbocycles. The summed E-state index contributed by atoms with van der Waals surface area (Å²) in [5, 5.41) is 4.08. The monoisotopic (exact) mass is 188 g/mol. The van der Waals surface area contributed by atoms with Gasteiger partial charge in [0.2, 0.25) is 5.91 Å². The van der Waals surface area contributed by atoms with Gasteiger partial charge < -0.3 is 0 Å². The molecule has 1 fully saturated rings. The Bertz CT molecular complexity index is 303. The van der Waals surface area contributed by atoms with Crippen molar-refractivity contribution in [3.8, 4) is 0 Å². The van der Waals surface area contributed by atoms with Crippen molar-refractivity contribution < 1.29 is 4.79 Å². The maximum atomic E-state index is 11.4. The SMILES string of the molecule is O=C([N]Cc1ccccc1)C1CCC1. The Morgan fingerprint density at radius 2 is 2.00 bits per heavy atom. The second kappa shape index (κ2) is 4.27. The first-order chi connectivity index (χ1) is 6.86. The van der Waals surface area contributed by atoms with Gasteiger partial charge in [-0.25, -0.2) is 5.32 Å². The number of hydrogen-bond donors (Lipinski definition) is 0. The van der Waals surface area contributed by atoms with Crippen LogP contribution in [0.15, 0.2) is 30.3 Å². The van der Waals surface area contributed by atoms with Crippen LogP contribution in [-0.2, 0) is 11.3 Å². The fourth-order valence-corrected chi connectivity index (χ4v) is 1.54. The first-order valence-electron chi connectivity index (χ1n) is 5.11. The topological polar surface area (TPSA) is 31.2 Å². The van der Waals surface area contributed by atoms with Gasteiger partial charge >= 0.3 is 0 Å². The summed E-state index contributed by atoms with van der Waals surface area (Å²) < 4.78 is 0. The molecule has 2 rings (SSSR count). The Morgan fingerprint density at radius 3 is 2.57 bits per heavy atom. The summed E-state index contributed by atoms with van der Waals surface area (Å²) in [7, 11) is 0. The van der Waals surface area contributed by atoms with Crippen LogP contribution in [0.25, 0.3) is 0 Å². The van der Waals surface area contributed by atoms with Crippen LogP contribution in [0.4, 0.5) is 0 Å². The number of carbonyl (C=O) groups is 1. The zero-order valence-corrected chi connectivity index (χ0v) is 8.15. The van der Waals surface area contributed by atoms with Crippen molar-refractivity contribution in [1.29, 1.82) is 0 Å². The molecule has 1 aromatic carbocycles. The highest BCUT2D eigenvalue weighted by molar-refractivity contribution is 5.79. The fraction of sp³-hybridized carbons (Fsp3) is 0.417. The molecule has 73 valence electrons. The maximum absolute atomic E-state index is 11.4. The average molecular weight is 188 g/mol. The first-order valence-corrected chi connectivity index (χ1v) is 5.11. The molecule has 2 heteroatoms. The molecule has 0 bridgehead atoms. The van der Waals surface area contributed by atoms with E-state index in [0.717, 1.165) is 18.4 Å². The van der Waals surface area contributed by atoms with Crippen molar-refractivity contribution >= 4 is 5.91 Å². The molecule has 0 aromatic heterocycles. The lowest BCUT2D eigenvalue weighted by atomic mass is 9.85. The summed E-state index contributed by atoms with van der Waals surface area (Å²) in [5.74, 6) is 0.332. The zero-order valence-electron chi connectivity index (χ0n) is 8.15. The number of hydrogen-bond acceptors (Lipinski definition) is 1. The lowest BCUT2D eigenvalue weighted by Gasteiger charge is -2.22. The molecule has 0 aliphatic heterocycles. The van der Waals surface area contributed by atoms with Crippen molar-refractivity contribution in [1.82, 2.24) is 5.32 Å². The molecule has 1 aromatic rings. The number of carbonyl (C=O) groups excluding carboxylic acids is 1. The van der Waals surface area contributed by atoms with E-state index in [0.29, 0.717) is 6.54 Å². The molecule has 0 spiro atoms. The Morgan fingerprint density at radius 1 is 1.29 bits per heavy atom. The van der Waals surface area contributed by atoms with E-state index in [4.69, 9.17) is 0 Å². The van der Waals surface area contributed by atoms with Gasteiger partial charge in [0.15, 0.2) is 0 Å². The fourth-order valence-electron chi connectivity index (χ4n) is 1.54. The summed E-state index contributed by atoms with van der Waals surface area (Å²) in [5.41, 5.74) is 1.11. The van der Waals surface area contributed by atoms with E-state index in [1.54, 1.807) is 0 Å². The number of rotatable bonds is 3. The predicted octanol–water partition coefficient (Wildman–Crippen LogP) is 2.12. The summed E-state index contributed by atoms with van der Waals surface area (Å²) >= 11 is 0. The van der Waals surface area contributed by atoms with Gasteiger partial charge in [-0.3, -0.25) is 4.79 Å². The normalized spacial score (nSPS) is 16.0. The van der Waals surface area contributed by atoms with E-state index in [9.17, 15) is 4.79 Å². The Labute approximate surface area is 84.3 Å². The maximum Gasteiger partial charge on any atom is 0.244 e. The quantitative estimate of drug-likeness (QED) is 0.714. The van der Waals surface area contributed by atoms with Crippen LogP contribution >= 0.6 is 0 Å². The third-order valence-corrected chi connectivity index (χ3v) is 2.71. The highest BCUT2D eigenvalue weighted by Gasteiger charge is 2.25. The van der Waals surface area contributed by atoms with Crippen LogP contribution < -0.4 is 5.32 Å². The molecule has 1 aliphatic carbocycles. The average Bonchev–Trinajstić information content (AvgIpc) is 2.14. The summed E-state index contributed by atoms with van der Waals surface area (Å²) in [6, 6.07) is 9.91. The minimum Gasteiger partial charge on any atom is -0.273 e. The molecule has 0 atom stereocenters. The molecule has 0 saturated heterocycles. The van der Waals surface area contributed by atoms with E-state index in [1.165, 1.54) is 6.42 Å². The molecule has 14 heavy (non-hydrogen) atoms. The van der Waals surface area contributed by atoms with Crippen LogP contribution in [-0.4, -0.2) is 5.91 Å². The highest BCUT2D eigenvalue weighted by atomic mass is 16.1. The van der Waals surface area contributed by atoms with E-state index in [1.807, 2.05) is 30.3 Å². The number of amides is 1. The van der Waals surface area contributed by atoms with Gasteiger partial charge in [0, 0.05) is 5.92 Å². The predicted molar refractivity (Wildman–Crippen MR) is 54.6 cm³/mol. The summed E-state index contributed by atoms with van der Waals surface area (Å²) in [6.07, 6.45) is 3.27. The third kappa shape index (κ3) is 2.13. The summed E-state index contributed by atoms with van der Waals surface area (Å²) in [4.78, 5) is 11.4. The standard InChI is InChI=1S/C12H14NO/c14-12(11-7-4-8-11)13-9-10-5-2-1-3-6-10/h1-3,5-6,11H,4,7-9H2. The van der Waals surface area contributed by atoms with Gasteiger partial charge in [-0.15, -0.1) is 0 Å². The van der Waals surface area contributed by atoms with E-state index >= 15 is 0 Å². The van der Waals surface area contributed by atoms with Crippen LogP contribution in [0.3, 0.4) is 0 Å². The largest absolute Gasteiger partial charge is 0.273 e. The van der Waals surface area contributed by atoms with Gasteiger partial charge in [-0.05, 0) is 18.4 Å². The van der Waals surface area contributed by atoms with Crippen LogP contribution in [0.1, 0.15) is 24.8 Å². The Kier molecular flexibility index (Phi) is 2.82. The van der Waals surface area contributed by atoms with Gasteiger partial charge in [0.25, 0.3) is 0 Å². The first kappa shape index (κ1) is 9.25. The molecule has 0 N–H and O–H groups in total.